The van der Waals surface area contributed by atoms with Gasteiger partial charge in [-0.2, -0.15) is 0 Å². The maximum absolute atomic E-state index is 5.24. The third kappa shape index (κ3) is 4.21. The van der Waals surface area contributed by atoms with Crippen LogP contribution in [0.3, 0.4) is 0 Å². The van der Waals surface area contributed by atoms with Crippen LogP contribution in [0.1, 0.15) is 0 Å². The van der Waals surface area contributed by atoms with Gasteiger partial charge >= 0.3 is 0 Å². The van der Waals surface area contributed by atoms with Crippen LogP contribution in [0.15, 0.2) is 164 Å². The van der Waals surface area contributed by atoms with Gasteiger partial charge in [0.2, 0.25) is 0 Å². The van der Waals surface area contributed by atoms with Crippen molar-refractivity contribution in [3.8, 4) is 39.5 Å². The molecule has 0 fully saturated rings. The SMILES string of the molecule is c1ccc(-c2nc(-c3cccc4ccccc34)c3cc(-c4ccc5c6ccccc6n(-c6ccccc6)c5c4)ccc3n2)cc1. The van der Waals surface area contributed by atoms with E-state index in [1.165, 1.54) is 32.6 Å². The number of rotatable bonds is 4. The van der Waals surface area contributed by atoms with Crippen LogP contribution in [-0.4, -0.2) is 14.5 Å². The summed E-state index contributed by atoms with van der Waals surface area (Å²) in [6.07, 6.45) is 0. The lowest BCUT2D eigenvalue weighted by Crippen LogP contribution is -1.96. The summed E-state index contributed by atoms with van der Waals surface area (Å²) in [6, 6.07) is 57.9. The van der Waals surface area contributed by atoms with E-state index in [4.69, 9.17) is 9.97 Å². The first kappa shape index (κ1) is 25.4. The molecule has 0 N–H and O–H groups in total. The third-order valence-corrected chi connectivity index (χ3v) is 8.79. The Labute approximate surface area is 260 Å². The van der Waals surface area contributed by atoms with E-state index in [1.54, 1.807) is 0 Å². The predicted molar refractivity (Wildman–Crippen MR) is 188 cm³/mol. The van der Waals surface area contributed by atoms with Crippen LogP contribution in [0, 0.1) is 0 Å². The number of hydrogen-bond acceptors (Lipinski definition) is 2. The lowest BCUT2D eigenvalue weighted by Gasteiger charge is -2.13. The van der Waals surface area contributed by atoms with Gasteiger partial charge in [0.15, 0.2) is 5.82 Å². The first-order valence-electron chi connectivity index (χ1n) is 15.3. The van der Waals surface area contributed by atoms with Crippen molar-refractivity contribution >= 4 is 43.5 Å². The van der Waals surface area contributed by atoms with Crippen molar-refractivity contribution in [1.29, 1.82) is 0 Å². The first-order valence-corrected chi connectivity index (χ1v) is 15.3. The summed E-state index contributed by atoms with van der Waals surface area (Å²) in [5, 5.41) is 5.90. The summed E-state index contributed by atoms with van der Waals surface area (Å²) in [6.45, 7) is 0. The fourth-order valence-corrected chi connectivity index (χ4v) is 6.67. The van der Waals surface area contributed by atoms with Gasteiger partial charge < -0.3 is 4.57 Å². The lowest BCUT2D eigenvalue weighted by atomic mass is 9.96. The molecule has 0 saturated heterocycles. The molecule has 9 aromatic rings. The smallest absolute Gasteiger partial charge is 0.160 e. The Kier molecular flexibility index (Phi) is 5.82. The Bertz CT molecular complexity index is 2520. The molecule has 0 atom stereocenters. The number of fused-ring (bicyclic) bond motifs is 5. The maximum atomic E-state index is 5.24. The Balaban J connectivity index is 1.29. The molecule has 0 unspecified atom stereocenters. The molecule has 0 saturated carbocycles. The molecule has 45 heavy (non-hydrogen) atoms. The fourth-order valence-electron chi connectivity index (χ4n) is 6.67. The van der Waals surface area contributed by atoms with Crippen LogP contribution >= 0.6 is 0 Å². The van der Waals surface area contributed by atoms with Crippen molar-refractivity contribution in [3.05, 3.63) is 164 Å². The van der Waals surface area contributed by atoms with E-state index in [9.17, 15) is 0 Å². The molecule has 3 nitrogen and oxygen atoms in total. The molecule has 2 heterocycles. The summed E-state index contributed by atoms with van der Waals surface area (Å²) in [5.41, 5.74) is 9.80. The molecule has 0 radical (unpaired) electrons. The molecule has 7 aromatic carbocycles. The average molecular weight is 574 g/mol. The van der Waals surface area contributed by atoms with E-state index >= 15 is 0 Å². The van der Waals surface area contributed by atoms with Crippen molar-refractivity contribution in [1.82, 2.24) is 14.5 Å². The van der Waals surface area contributed by atoms with Gasteiger partial charge in [-0.1, -0.05) is 127 Å². The molecule has 0 aliphatic heterocycles. The van der Waals surface area contributed by atoms with Gasteiger partial charge in [-0.15, -0.1) is 0 Å². The monoisotopic (exact) mass is 573 g/mol. The van der Waals surface area contributed by atoms with Gasteiger partial charge in [-0.25, -0.2) is 9.97 Å². The molecule has 0 spiro atoms. The minimum absolute atomic E-state index is 0.729. The average Bonchev–Trinajstić information content (AvgIpc) is 3.45. The van der Waals surface area contributed by atoms with Crippen LogP contribution in [0.4, 0.5) is 0 Å². The highest BCUT2D eigenvalue weighted by molar-refractivity contribution is 6.10. The van der Waals surface area contributed by atoms with Crippen LogP contribution in [-0.2, 0) is 0 Å². The molecule has 0 bridgehead atoms. The maximum Gasteiger partial charge on any atom is 0.160 e. The third-order valence-electron chi connectivity index (χ3n) is 8.79. The van der Waals surface area contributed by atoms with Crippen molar-refractivity contribution in [2.45, 2.75) is 0 Å². The molecule has 3 heteroatoms. The number of para-hydroxylation sites is 2. The Morgan fingerprint density at radius 3 is 1.93 bits per heavy atom. The number of hydrogen-bond donors (Lipinski definition) is 0. The van der Waals surface area contributed by atoms with Crippen molar-refractivity contribution in [2.24, 2.45) is 0 Å². The molecule has 0 aliphatic carbocycles. The summed E-state index contributed by atoms with van der Waals surface area (Å²) in [7, 11) is 0. The van der Waals surface area contributed by atoms with Gasteiger partial charge in [-0.3, -0.25) is 0 Å². The minimum atomic E-state index is 0.729. The highest BCUT2D eigenvalue weighted by Gasteiger charge is 2.17. The highest BCUT2D eigenvalue weighted by Crippen LogP contribution is 2.38. The molecule has 0 aliphatic rings. The van der Waals surface area contributed by atoms with Gasteiger partial charge in [0.05, 0.1) is 22.2 Å². The second-order valence-corrected chi connectivity index (χ2v) is 11.4. The standard InChI is InChI=1S/C42H27N3/c1-3-13-29(14-4-1)42-43-38-25-23-30(26-37(38)41(44-42)36-20-11-15-28-12-7-8-18-33(28)36)31-22-24-35-34-19-9-10-21-39(34)45(40(35)27-31)32-16-5-2-6-17-32/h1-27H. The van der Waals surface area contributed by atoms with E-state index in [1.807, 2.05) is 18.2 Å². The molecule has 0 amide bonds. The molecule has 210 valence electrons. The van der Waals surface area contributed by atoms with Gasteiger partial charge in [0, 0.05) is 33.0 Å². The second kappa shape index (κ2) is 10.3. The van der Waals surface area contributed by atoms with E-state index < -0.39 is 0 Å². The zero-order valence-corrected chi connectivity index (χ0v) is 24.4. The summed E-state index contributed by atoms with van der Waals surface area (Å²) < 4.78 is 2.37. The normalized spacial score (nSPS) is 11.6. The second-order valence-electron chi connectivity index (χ2n) is 11.4. The Morgan fingerprint density at radius 1 is 0.400 bits per heavy atom. The molecule has 2 aromatic heterocycles. The van der Waals surface area contributed by atoms with Crippen molar-refractivity contribution in [2.75, 3.05) is 0 Å². The summed E-state index contributed by atoms with van der Waals surface area (Å²) >= 11 is 0. The van der Waals surface area contributed by atoms with E-state index in [0.29, 0.717) is 0 Å². The largest absolute Gasteiger partial charge is 0.309 e. The first-order chi connectivity index (χ1) is 22.3. The summed E-state index contributed by atoms with van der Waals surface area (Å²) in [4.78, 5) is 10.3. The number of nitrogens with zero attached hydrogens (tertiary/aromatic N) is 3. The van der Waals surface area contributed by atoms with Gasteiger partial charge in [0.1, 0.15) is 0 Å². The van der Waals surface area contributed by atoms with Gasteiger partial charge in [-0.05, 0) is 58.3 Å². The van der Waals surface area contributed by atoms with Crippen molar-refractivity contribution < 1.29 is 0 Å². The van der Waals surface area contributed by atoms with Crippen LogP contribution in [0.5, 0.6) is 0 Å². The van der Waals surface area contributed by atoms with Crippen molar-refractivity contribution in [3.63, 3.8) is 0 Å². The van der Waals surface area contributed by atoms with Crippen LogP contribution < -0.4 is 0 Å². The fraction of sp³-hybridized carbons (Fsp3) is 0. The highest BCUT2D eigenvalue weighted by atomic mass is 15.0. The van der Waals surface area contributed by atoms with E-state index in [-0.39, 0.29) is 0 Å². The molecule has 9 rings (SSSR count). The number of aromatic nitrogens is 3. The number of benzene rings is 7. The van der Waals surface area contributed by atoms with Crippen LogP contribution in [0.25, 0.3) is 82.9 Å². The molecular formula is C42H27N3. The lowest BCUT2D eigenvalue weighted by molar-refractivity contribution is 1.18. The predicted octanol–water partition coefficient (Wildman–Crippen LogP) is 10.9. The summed E-state index contributed by atoms with van der Waals surface area (Å²) in [5.74, 6) is 0.729. The zero-order chi connectivity index (χ0) is 29.7. The van der Waals surface area contributed by atoms with Crippen LogP contribution in [0.2, 0.25) is 0 Å². The quantitative estimate of drug-likeness (QED) is 0.210. The molecular weight excluding hydrogens is 546 g/mol. The Morgan fingerprint density at radius 2 is 1.07 bits per heavy atom. The Hall–Kier alpha value is -6.06. The zero-order valence-electron chi connectivity index (χ0n) is 24.4. The van der Waals surface area contributed by atoms with Gasteiger partial charge in [0.25, 0.3) is 0 Å². The van der Waals surface area contributed by atoms with E-state index in [2.05, 4.69) is 150 Å². The van der Waals surface area contributed by atoms with E-state index in [0.717, 1.165) is 50.4 Å². The topological polar surface area (TPSA) is 30.7 Å². The minimum Gasteiger partial charge on any atom is -0.309 e.